The molecule has 0 aliphatic rings. The number of nitrogens with zero attached hydrogens (tertiary/aromatic N) is 1. The molecule has 0 amide bonds. The first-order valence-corrected chi connectivity index (χ1v) is 3.13. The molecule has 0 aliphatic carbocycles. The summed E-state index contributed by atoms with van der Waals surface area (Å²) in [4.78, 5) is 0. The molecule has 0 atom stereocenters. The van der Waals surface area contributed by atoms with Gasteiger partial charge in [0.15, 0.2) is 0 Å². The van der Waals surface area contributed by atoms with E-state index < -0.39 is 0 Å². The zero-order chi connectivity index (χ0) is 8.04. The summed E-state index contributed by atoms with van der Waals surface area (Å²) in [7, 11) is 0. The molecule has 0 aromatic rings. The number of nitriles is 1. The zero-order valence-corrected chi connectivity index (χ0v) is 6.60. The van der Waals surface area contributed by atoms with Crippen LogP contribution in [0.2, 0.25) is 0 Å². The van der Waals surface area contributed by atoms with Crippen LogP contribution >= 0.6 is 0 Å². The predicted octanol–water partition coefficient (Wildman–Crippen LogP) is 2.12. The minimum atomic E-state index is 0.0276. The molecular weight excluding hydrogens is 122 g/mol. The molecule has 0 fully saturated rings. The third-order valence-electron chi connectivity index (χ3n) is 0.688. The Morgan fingerprint density at radius 2 is 1.80 bits per heavy atom. The van der Waals surface area contributed by atoms with E-state index in [1.54, 1.807) is 6.08 Å². The van der Waals surface area contributed by atoms with Gasteiger partial charge in [-0.15, -0.1) is 0 Å². The lowest BCUT2D eigenvalue weighted by Crippen LogP contribution is -1.98. The molecule has 0 bridgehead atoms. The van der Waals surface area contributed by atoms with Crippen molar-refractivity contribution < 1.29 is 0 Å². The van der Waals surface area contributed by atoms with Gasteiger partial charge >= 0.3 is 0 Å². The summed E-state index contributed by atoms with van der Waals surface area (Å²) in [6, 6.07) is 1.87. The second kappa shape index (κ2) is 3.75. The molecule has 0 unspecified atom stereocenters. The number of rotatable bonds is 0. The van der Waals surface area contributed by atoms with E-state index in [1.165, 1.54) is 6.08 Å². The Labute approximate surface area is 62.4 Å². The SMILES string of the molecule is CC(C)(C)C#C/C=C/C#N. The lowest BCUT2D eigenvalue weighted by Gasteiger charge is -2.05. The summed E-state index contributed by atoms with van der Waals surface area (Å²) in [5, 5.41) is 8.09. The maximum atomic E-state index is 8.09. The molecule has 0 aliphatic heterocycles. The first-order valence-electron chi connectivity index (χ1n) is 3.13. The Morgan fingerprint density at radius 3 is 2.20 bits per heavy atom. The van der Waals surface area contributed by atoms with Gasteiger partial charge in [-0.25, -0.2) is 0 Å². The monoisotopic (exact) mass is 133 g/mol. The topological polar surface area (TPSA) is 23.8 Å². The molecule has 0 N–H and O–H groups in total. The minimum Gasteiger partial charge on any atom is -0.193 e. The molecule has 52 valence electrons. The van der Waals surface area contributed by atoms with Gasteiger partial charge < -0.3 is 0 Å². The highest BCUT2D eigenvalue weighted by atomic mass is 14.2. The molecular formula is C9H11N. The minimum absolute atomic E-state index is 0.0276. The van der Waals surface area contributed by atoms with Crippen LogP contribution < -0.4 is 0 Å². The van der Waals surface area contributed by atoms with Gasteiger partial charge in [-0.3, -0.25) is 0 Å². The molecule has 0 heterocycles. The molecule has 0 aromatic heterocycles. The van der Waals surface area contributed by atoms with Crippen LogP contribution in [-0.2, 0) is 0 Å². The van der Waals surface area contributed by atoms with Crippen molar-refractivity contribution >= 4 is 0 Å². The third-order valence-corrected chi connectivity index (χ3v) is 0.688. The molecule has 0 radical (unpaired) electrons. The first-order chi connectivity index (χ1) is 4.56. The van der Waals surface area contributed by atoms with Crippen molar-refractivity contribution in [3.05, 3.63) is 12.2 Å². The van der Waals surface area contributed by atoms with Gasteiger partial charge in [0.2, 0.25) is 0 Å². The molecule has 10 heavy (non-hydrogen) atoms. The van der Waals surface area contributed by atoms with Crippen LogP contribution in [0.5, 0.6) is 0 Å². The van der Waals surface area contributed by atoms with Crippen LogP contribution in [0.25, 0.3) is 0 Å². The highest BCUT2D eigenvalue weighted by Gasteiger charge is 2.01. The van der Waals surface area contributed by atoms with Crippen LogP contribution in [0.4, 0.5) is 0 Å². The molecule has 1 heteroatoms. The normalized spacial score (nSPS) is 10.2. The van der Waals surface area contributed by atoms with Gasteiger partial charge in [0.05, 0.1) is 6.07 Å². The highest BCUT2D eigenvalue weighted by molar-refractivity contribution is 5.22. The van der Waals surface area contributed by atoms with Gasteiger partial charge in [0.1, 0.15) is 0 Å². The lowest BCUT2D eigenvalue weighted by atomic mass is 9.98. The summed E-state index contributed by atoms with van der Waals surface area (Å²) in [6.45, 7) is 6.08. The fourth-order valence-corrected chi connectivity index (χ4v) is 0.337. The van der Waals surface area contributed by atoms with Gasteiger partial charge in [0, 0.05) is 11.5 Å². The summed E-state index contributed by atoms with van der Waals surface area (Å²) in [6.07, 6.45) is 2.93. The van der Waals surface area contributed by atoms with Crippen molar-refractivity contribution in [2.45, 2.75) is 20.8 Å². The highest BCUT2D eigenvalue weighted by Crippen LogP contribution is 2.09. The van der Waals surface area contributed by atoms with Crippen LogP contribution in [0.3, 0.4) is 0 Å². The smallest absolute Gasteiger partial charge is 0.0918 e. The van der Waals surface area contributed by atoms with Crippen LogP contribution in [-0.4, -0.2) is 0 Å². The van der Waals surface area contributed by atoms with Crippen molar-refractivity contribution in [2.75, 3.05) is 0 Å². The maximum absolute atomic E-state index is 8.09. The standard InChI is InChI=1S/C9H11N/c1-9(2,3)7-5-4-6-8-10/h4,6H,1-3H3/b6-4+. The van der Waals surface area contributed by atoms with Crippen molar-refractivity contribution in [1.82, 2.24) is 0 Å². The van der Waals surface area contributed by atoms with Crippen molar-refractivity contribution in [3.8, 4) is 17.9 Å². The summed E-state index contributed by atoms with van der Waals surface area (Å²) in [5.74, 6) is 5.74. The van der Waals surface area contributed by atoms with Crippen LogP contribution in [0.15, 0.2) is 12.2 Å². The first kappa shape index (κ1) is 8.79. The Bertz CT molecular complexity index is 212. The number of hydrogen-bond acceptors (Lipinski definition) is 1. The fourth-order valence-electron chi connectivity index (χ4n) is 0.337. The fraction of sp³-hybridized carbons (Fsp3) is 0.444. The number of allylic oxidation sites excluding steroid dienone is 2. The maximum Gasteiger partial charge on any atom is 0.0918 e. The predicted molar refractivity (Wildman–Crippen MR) is 42.0 cm³/mol. The molecule has 0 saturated carbocycles. The molecule has 0 spiro atoms. The molecule has 1 nitrogen and oxygen atoms in total. The van der Waals surface area contributed by atoms with E-state index in [1.807, 2.05) is 26.8 Å². The molecule has 0 aromatic carbocycles. The van der Waals surface area contributed by atoms with E-state index in [-0.39, 0.29) is 5.41 Å². The van der Waals surface area contributed by atoms with Crippen molar-refractivity contribution in [1.29, 1.82) is 5.26 Å². The zero-order valence-electron chi connectivity index (χ0n) is 6.60. The van der Waals surface area contributed by atoms with Gasteiger partial charge in [-0.05, 0) is 26.8 Å². The summed E-state index contributed by atoms with van der Waals surface area (Å²) in [5.41, 5.74) is 0.0276. The van der Waals surface area contributed by atoms with Crippen LogP contribution in [0.1, 0.15) is 20.8 Å². The Morgan fingerprint density at radius 1 is 1.20 bits per heavy atom. The van der Waals surface area contributed by atoms with Gasteiger partial charge in [-0.1, -0.05) is 11.8 Å². The van der Waals surface area contributed by atoms with Crippen LogP contribution in [0, 0.1) is 28.6 Å². The van der Waals surface area contributed by atoms with Crippen molar-refractivity contribution in [3.63, 3.8) is 0 Å². The number of hydrogen-bond donors (Lipinski definition) is 0. The van der Waals surface area contributed by atoms with E-state index >= 15 is 0 Å². The summed E-state index contributed by atoms with van der Waals surface area (Å²) >= 11 is 0. The van der Waals surface area contributed by atoms with Gasteiger partial charge in [-0.2, -0.15) is 5.26 Å². The largest absolute Gasteiger partial charge is 0.193 e. The van der Waals surface area contributed by atoms with Gasteiger partial charge in [0.25, 0.3) is 0 Å². The van der Waals surface area contributed by atoms with Crippen molar-refractivity contribution in [2.24, 2.45) is 5.41 Å². The van der Waals surface area contributed by atoms with E-state index in [4.69, 9.17) is 5.26 Å². The Kier molecular flexibility index (Phi) is 3.29. The van der Waals surface area contributed by atoms with E-state index in [0.717, 1.165) is 0 Å². The average Bonchev–Trinajstić information content (AvgIpc) is 1.78. The average molecular weight is 133 g/mol. The quantitative estimate of drug-likeness (QED) is 0.367. The third kappa shape index (κ3) is 6.79. The lowest BCUT2D eigenvalue weighted by molar-refractivity contribution is 0.571. The molecule has 0 rings (SSSR count). The summed E-state index contributed by atoms with van der Waals surface area (Å²) < 4.78 is 0. The van der Waals surface area contributed by atoms with E-state index in [2.05, 4.69) is 11.8 Å². The molecule has 0 saturated heterocycles. The van der Waals surface area contributed by atoms with E-state index in [0.29, 0.717) is 0 Å². The Hall–Kier alpha value is -1.21. The Balaban J connectivity index is 3.97. The second-order valence-electron chi connectivity index (χ2n) is 2.98. The second-order valence-corrected chi connectivity index (χ2v) is 2.98. The van der Waals surface area contributed by atoms with E-state index in [9.17, 15) is 0 Å².